The molecule has 0 saturated heterocycles. The molecule has 0 bridgehead atoms. The fourth-order valence-electron chi connectivity index (χ4n) is 3.48. The Labute approximate surface area is 175 Å². The van der Waals surface area contributed by atoms with Gasteiger partial charge in [-0.1, -0.05) is 6.58 Å². The molecular formula is C22H18N4O3S. The summed E-state index contributed by atoms with van der Waals surface area (Å²) in [4.78, 5) is 29.3. The van der Waals surface area contributed by atoms with E-state index in [-0.39, 0.29) is 17.9 Å². The third-order valence-corrected chi connectivity index (χ3v) is 6.11. The number of nitrogens with one attached hydrogen (secondary N) is 3. The van der Waals surface area contributed by atoms with Crippen LogP contribution in [0.4, 0.5) is 11.4 Å². The van der Waals surface area contributed by atoms with E-state index >= 15 is 0 Å². The molecule has 0 saturated carbocycles. The van der Waals surface area contributed by atoms with Crippen LogP contribution in [0.5, 0.6) is 0 Å². The summed E-state index contributed by atoms with van der Waals surface area (Å²) in [5, 5.41) is 10.1. The second-order valence-corrected chi connectivity index (χ2v) is 8.22. The summed E-state index contributed by atoms with van der Waals surface area (Å²) in [6.07, 6.45) is 1.21. The van der Waals surface area contributed by atoms with E-state index < -0.39 is 0 Å². The average molecular weight is 418 g/mol. The number of aromatic nitrogens is 1. The number of rotatable bonds is 3. The first-order valence-electron chi connectivity index (χ1n) is 9.47. The summed E-state index contributed by atoms with van der Waals surface area (Å²) in [5.74, 6) is 0.134. The molecule has 1 aliphatic rings. The van der Waals surface area contributed by atoms with Crippen molar-refractivity contribution in [2.75, 3.05) is 17.2 Å². The van der Waals surface area contributed by atoms with E-state index in [1.165, 1.54) is 17.4 Å². The number of oxazole rings is 1. The van der Waals surface area contributed by atoms with Crippen LogP contribution in [0.25, 0.3) is 32.6 Å². The zero-order chi connectivity index (χ0) is 20.8. The number of hydrogen-bond donors (Lipinski definition) is 3. The number of hydrogen-bond acceptors (Lipinski definition) is 6. The van der Waals surface area contributed by atoms with E-state index in [9.17, 15) is 9.59 Å². The molecule has 1 unspecified atom stereocenters. The van der Waals surface area contributed by atoms with Gasteiger partial charge in [0.25, 0.3) is 5.91 Å². The predicted octanol–water partition coefficient (Wildman–Crippen LogP) is 4.38. The van der Waals surface area contributed by atoms with Crippen LogP contribution in [0.1, 0.15) is 16.6 Å². The van der Waals surface area contributed by atoms with Crippen molar-refractivity contribution in [3.8, 4) is 11.5 Å². The van der Waals surface area contributed by atoms with Gasteiger partial charge in [-0.3, -0.25) is 9.59 Å². The molecule has 8 heteroatoms. The molecule has 2 aromatic heterocycles. The van der Waals surface area contributed by atoms with Crippen molar-refractivity contribution >= 4 is 55.7 Å². The van der Waals surface area contributed by atoms with Crippen molar-refractivity contribution in [1.29, 1.82) is 0 Å². The predicted molar refractivity (Wildman–Crippen MR) is 119 cm³/mol. The van der Waals surface area contributed by atoms with Crippen LogP contribution in [0, 0.1) is 0 Å². The summed E-state index contributed by atoms with van der Waals surface area (Å²) >= 11 is 1.47. The fourth-order valence-corrected chi connectivity index (χ4v) is 4.54. The van der Waals surface area contributed by atoms with E-state index in [1.807, 2.05) is 25.1 Å². The lowest BCUT2D eigenvalue weighted by Gasteiger charge is -2.09. The van der Waals surface area contributed by atoms with Crippen LogP contribution in [-0.2, 0) is 4.79 Å². The molecule has 7 nitrogen and oxygen atoms in total. The molecule has 5 rings (SSSR count). The van der Waals surface area contributed by atoms with Gasteiger partial charge < -0.3 is 20.4 Å². The normalized spacial score (nSPS) is 15.9. The third kappa shape index (κ3) is 3.11. The smallest absolute Gasteiger partial charge is 0.263 e. The van der Waals surface area contributed by atoms with Crippen molar-refractivity contribution < 1.29 is 14.0 Å². The van der Waals surface area contributed by atoms with Crippen molar-refractivity contribution in [2.24, 2.45) is 0 Å². The molecule has 150 valence electrons. The van der Waals surface area contributed by atoms with Crippen molar-refractivity contribution in [3.05, 3.63) is 53.9 Å². The lowest BCUT2D eigenvalue weighted by molar-refractivity contribution is -0.111. The summed E-state index contributed by atoms with van der Waals surface area (Å²) in [6, 6.07) is 11.3. The number of carbonyl (C=O) groups excluding carboxylic acids is 2. The number of nitrogens with zero attached hydrogens (tertiary/aromatic N) is 1. The van der Waals surface area contributed by atoms with Crippen LogP contribution in [0.2, 0.25) is 0 Å². The molecule has 0 aliphatic carbocycles. The van der Waals surface area contributed by atoms with Gasteiger partial charge in [0.05, 0.1) is 5.69 Å². The van der Waals surface area contributed by atoms with Crippen LogP contribution in [0.15, 0.2) is 53.5 Å². The van der Waals surface area contributed by atoms with Gasteiger partial charge in [0.1, 0.15) is 10.4 Å². The van der Waals surface area contributed by atoms with Crippen molar-refractivity contribution in [3.63, 3.8) is 0 Å². The topological polar surface area (TPSA) is 96.3 Å². The SMILES string of the molecule is C=CC(=O)Nc1ccc2nc(-c3ccc4sc5c(c4c3)NCC(C)NC5=O)oc2c1. The minimum absolute atomic E-state index is 0.0544. The Morgan fingerprint density at radius 2 is 2.20 bits per heavy atom. The Morgan fingerprint density at radius 1 is 1.33 bits per heavy atom. The molecule has 2 amide bonds. The number of anilines is 2. The number of thiophene rings is 1. The second kappa shape index (κ2) is 7.00. The van der Waals surface area contributed by atoms with Crippen LogP contribution >= 0.6 is 11.3 Å². The quantitative estimate of drug-likeness (QED) is 0.429. The van der Waals surface area contributed by atoms with Gasteiger partial charge in [0, 0.05) is 40.0 Å². The molecule has 0 fully saturated rings. The van der Waals surface area contributed by atoms with Gasteiger partial charge in [-0.2, -0.15) is 0 Å². The van der Waals surface area contributed by atoms with Gasteiger partial charge >= 0.3 is 0 Å². The summed E-state index contributed by atoms with van der Waals surface area (Å²) in [6.45, 7) is 6.09. The largest absolute Gasteiger partial charge is 0.436 e. The molecule has 3 N–H and O–H groups in total. The Kier molecular flexibility index (Phi) is 4.29. The molecule has 30 heavy (non-hydrogen) atoms. The summed E-state index contributed by atoms with van der Waals surface area (Å²) < 4.78 is 6.98. The van der Waals surface area contributed by atoms with E-state index in [0.717, 1.165) is 21.3 Å². The van der Waals surface area contributed by atoms with Gasteiger partial charge in [0.2, 0.25) is 11.8 Å². The van der Waals surface area contributed by atoms with Crippen LogP contribution in [-0.4, -0.2) is 29.4 Å². The highest BCUT2D eigenvalue weighted by molar-refractivity contribution is 7.21. The maximum Gasteiger partial charge on any atom is 0.263 e. The maximum atomic E-state index is 12.5. The highest BCUT2D eigenvalue weighted by Gasteiger charge is 2.24. The van der Waals surface area contributed by atoms with E-state index in [0.29, 0.717) is 34.1 Å². The van der Waals surface area contributed by atoms with E-state index in [2.05, 4.69) is 27.5 Å². The molecule has 4 aromatic rings. The number of carbonyl (C=O) groups is 2. The highest BCUT2D eigenvalue weighted by Crippen LogP contribution is 2.39. The van der Waals surface area contributed by atoms with E-state index in [1.54, 1.807) is 18.2 Å². The summed E-state index contributed by atoms with van der Waals surface area (Å²) in [7, 11) is 0. The first-order chi connectivity index (χ1) is 14.5. The average Bonchev–Trinajstić information content (AvgIpc) is 3.28. The standard InChI is InChI=1S/C22H18N4O3S/c1-3-18(27)25-13-5-6-15-16(9-13)29-22(26-15)12-4-7-17-14(8-12)19-20(30-17)21(28)24-11(2)10-23-19/h3-9,11,23H,1,10H2,2H3,(H,24,28)(H,25,27). The van der Waals surface area contributed by atoms with Gasteiger partial charge in [0.15, 0.2) is 5.58 Å². The van der Waals surface area contributed by atoms with Gasteiger partial charge in [-0.25, -0.2) is 4.98 Å². The highest BCUT2D eigenvalue weighted by atomic mass is 32.1. The van der Waals surface area contributed by atoms with Gasteiger partial charge in [-0.05, 0) is 43.3 Å². The molecular weight excluding hydrogens is 400 g/mol. The second-order valence-electron chi connectivity index (χ2n) is 7.17. The lowest BCUT2D eigenvalue weighted by Crippen LogP contribution is -2.34. The van der Waals surface area contributed by atoms with Gasteiger partial charge in [-0.15, -0.1) is 11.3 Å². The Morgan fingerprint density at radius 3 is 3.03 bits per heavy atom. The third-order valence-electron chi connectivity index (χ3n) is 4.95. The molecule has 3 heterocycles. The molecule has 1 aliphatic heterocycles. The molecule has 2 aromatic carbocycles. The van der Waals surface area contributed by atoms with Crippen molar-refractivity contribution in [2.45, 2.75) is 13.0 Å². The number of amides is 2. The first kappa shape index (κ1) is 18.4. The monoisotopic (exact) mass is 418 g/mol. The molecule has 0 radical (unpaired) electrons. The number of benzene rings is 2. The maximum absolute atomic E-state index is 12.5. The van der Waals surface area contributed by atoms with E-state index in [4.69, 9.17) is 4.42 Å². The fraction of sp³-hybridized carbons (Fsp3) is 0.136. The Bertz CT molecular complexity index is 1340. The zero-order valence-corrected chi connectivity index (χ0v) is 16.9. The minimum Gasteiger partial charge on any atom is -0.436 e. The van der Waals surface area contributed by atoms with Crippen LogP contribution in [0.3, 0.4) is 0 Å². The number of fused-ring (bicyclic) bond motifs is 4. The zero-order valence-electron chi connectivity index (χ0n) is 16.1. The Hall–Kier alpha value is -3.65. The Balaban J connectivity index is 1.56. The molecule has 0 spiro atoms. The minimum atomic E-state index is -0.288. The van der Waals surface area contributed by atoms with Crippen molar-refractivity contribution in [1.82, 2.24) is 10.3 Å². The van der Waals surface area contributed by atoms with Crippen LogP contribution < -0.4 is 16.0 Å². The lowest BCUT2D eigenvalue weighted by atomic mass is 10.1. The molecule has 1 atom stereocenters. The first-order valence-corrected chi connectivity index (χ1v) is 10.3. The summed E-state index contributed by atoms with van der Waals surface area (Å²) in [5.41, 5.74) is 3.54.